The van der Waals surface area contributed by atoms with E-state index in [4.69, 9.17) is 20.8 Å². The van der Waals surface area contributed by atoms with Crippen molar-refractivity contribution in [3.05, 3.63) is 58.3 Å². The lowest BCUT2D eigenvalue weighted by Crippen LogP contribution is -2.18. The Morgan fingerprint density at radius 3 is 2.79 bits per heavy atom. The summed E-state index contributed by atoms with van der Waals surface area (Å²) in [5.41, 5.74) is 0.491. The highest BCUT2D eigenvalue weighted by Crippen LogP contribution is 2.27. The minimum absolute atomic E-state index is 0.358. The topological polar surface area (TPSA) is 34.4 Å². The third-order valence-electron chi connectivity index (χ3n) is 2.82. The zero-order valence-corrected chi connectivity index (χ0v) is 11.5. The Hall–Kier alpha value is -1.36. The van der Waals surface area contributed by atoms with Crippen LogP contribution in [0.3, 0.4) is 0 Å². The molecular formula is C14H15ClFNO2. The van der Waals surface area contributed by atoms with E-state index in [-0.39, 0.29) is 11.9 Å². The Bertz CT molecular complexity index is 556. The van der Waals surface area contributed by atoms with Gasteiger partial charge in [-0.15, -0.1) is 0 Å². The lowest BCUT2D eigenvalue weighted by atomic mass is 10.0. The molecule has 0 aliphatic rings. The molecule has 0 amide bonds. The number of hydrogen-bond acceptors (Lipinski definition) is 3. The van der Waals surface area contributed by atoms with Crippen LogP contribution in [0.25, 0.3) is 0 Å². The number of halogens is 2. The summed E-state index contributed by atoms with van der Waals surface area (Å²) in [5.74, 6) is 0.972. The van der Waals surface area contributed by atoms with E-state index in [1.165, 1.54) is 6.07 Å². The molecule has 0 saturated carbocycles. The van der Waals surface area contributed by atoms with Gasteiger partial charge in [-0.3, -0.25) is 0 Å². The maximum Gasteiger partial charge on any atom is 0.129 e. The quantitative estimate of drug-likeness (QED) is 0.911. The first-order valence-corrected chi connectivity index (χ1v) is 6.23. The lowest BCUT2D eigenvalue weighted by molar-refractivity contribution is 0.162. The number of nitrogens with one attached hydrogen (secondary N) is 1. The normalized spacial score (nSPS) is 12.6. The third kappa shape index (κ3) is 3.15. The van der Waals surface area contributed by atoms with E-state index in [1.54, 1.807) is 26.3 Å². The number of furan rings is 1. The molecule has 2 rings (SSSR count). The third-order valence-corrected chi connectivity index (χ3v) is 3.05. The van der Waals surface area contributed by atoms with Crippen LogP contribution < -0.4 is 5.32 Å². The Kier molecular flexibility index (Phi) is 4.58. The van der Waals surface area contributed by atoms with Gasteiger partial charge in [0.05, 0.1) is 6.04 Å². The minimum Gasteiger partial charge on any atom is -0.462 e. The molecule has 1 heterocycles. The van der Waals surface area contributed by atoms with Crippen molar-refractivity contribution in [2.75, 3.05) is 14.2 Å². The molecule has 0 saturated heterocycles. The summed E-state index contributed by atoms with van der Waals surface area (Å²) < 4.78 is 24.6. The maximum atomic E-state index is 13.9. The fraction of sp³-hybridized carbons (Fsp3) is 0.286. The van der Waals surface area contributed by atoms with Crippen molar-refractivity contribution in [2.24, 2.45) is 0 Å². The second kappa shape index (κ2) is 6.19. The molecule has 1 aromatic heterocycles. The van der Waals surface area contributed by atoms with E-state index < -0.39 is 0 Å². The summed E-state index contributed by atoms with van der Waals surface area (Å²) in [6.07, 6.45) is 0. The predicted octanol–water partition coefficient (Wildman–Crippen LogP) is 3.53. The summed E-state index contributed by atoms with van der Waals surface area (Å²) in [7, 11) is 3.34. The average Bonchev–Trinajstić information content (AvgIpc) is 2.82. The molecule has 19 heavy (non-hydrogen) atoms. The molecule has 1 unspecified atom stereocenters. The van der Waals surface area contributed by atoms with Gasteiger partial charge in [-0.2, -0.15) is 0 Å². The van der Waals surface area contributed by atoms with Crippen molar-refractivity contribution >= 4 is 11.6 Å². The fourth-order valence-corrected chi connectivity index (χ4v) is 2.11. The molecule has 2 aromatic rings. The van der Waals surface area contributed by atoms with E-state index in [2.05, 4.69) is 5.32 Å². The minimum atomic E-state index is -0.364. The first kappa shape index (κ1) is 14.1. The highest BCUT2D eigenvalue weighted by molar-refractivity contribution is 6.30. The molecule has 0 aliphatic carbocycles. The number of hydrogen-bond donors (Lipinski definition) is 1. The molecule has 0 spiro atoms. The summed E-state index contributed by atoms with van der Waals surface area (Å²) in [6, 6.07) is 7.87. The lowest BCUT2D eigenvalue weighted by Gasteiger charge is -2.15. The van der Waals surface area contributed by atoms with Crippen LogP contribution in [-0.2, 0) is 11.3 Å². The van der Waals surface area contributed by atoms with Crippen LogP contribution in [0.1, 0.15) is 23.1 Å². The number of methoxy groups -OCH3 is 1. The summed E-state index contributed by atoms with van der Waals surface area (Å²) in [4.78, 5) is 0. The van der Waals surface area contributed by atoms with Gasteiger partial charge >= 0.3 is 0 Å². The Morgan fingerprint density at radius 2 is 2.16 bits per heavy atom. The van der Waals surface area contributed by atoms with Crippen LogP contribution in [0.4, 0.5) is 4.39 Å². The summed E-state index contributed by atoms with van der Waals surface area (Å²) >= 11 is 5.76. The monoisotopic (exact) mass is 283 g/mol. The highest BCUT2D eigenvalue weighted by Gasteiger charge is 2.19. The van der Waals surface area contributed by atoms with Gasteiger partial charge < -0.3 is 14.5 Å². The van der Waals surface area contributed by atoms with Crippen LogP contribution in [0.5, 0.6) is 0 Å². The highest BCUT2D eigenvalue weighted by atomic mass is 35.5. The molecule has 1 aromatic carbocycles. The molecule has 0 fully saturated rings. The van der Waals surface area contributed by atoms with Crippen molar-refractivity contribution in [3.8, 4) is 0 Å². The van der Waals surface area contributed by atoms with E-state index in [0.29, 0.717) is 28.7 Å². The smallest absolute Gasteiger partial charge is 0.129 e. The zero-order chi connectivity index (χ0) is 13.8. The van der Waals surface area contributed by atoms with Gasteiger partial charge in [0.25, 0.3) is 0 Å². The van der Waals surface area contributed by atoms with Crippen molar-refractivity contribution in [1.82, 2.24) is 5.32 Å². The van der Waals surface area contributed by atoms with Crippen LogP contribution in [-0.4, -0.2) is 14.2 Å². The molecule has 0 bridgehead atoms. The maximum absolute atomic E-state index is 13.9. The van der Waals surface area contributed by atoms with Crippen LogP contribution in [0.15, 0.2) is 34.7 Å². The molecular weight excluding hydrogens is 269 g/mol. The number of rotatable bonds is 5. The van der Waals surface area contributed by atoms with Gasteiger partial charge in [-0.1, -0.05) is 17.7 Å². The van der Waals surface area contributed by atoms with Gasteiger partial charge in [0.15, 0.2) is 0 Å². The van der Waals surface area contributed by atoms with Gasteiger partial charge in [-0.05, 0) is 31.3 Å². The van der Waals surface area contributed by atoms with Crippen LogP contribution >= 0.6 is 11.6 Å². The van der Waals surface area contributed by atoms with Gasteiger partial charge in [0.2, 0.25) is 0 Å². The van der Waals surface area contributed by atoms with E-state index in [9.17, 15) is 4.39 Å². The number of benzene rings is 1. The van der Waals surface area contributed by atoms with Crippen molar-refractivity contribution in [3.63, 3.8) is 0 Å². The number of ether oxygens (including phenoxy) is 1. The molecule has 0 aliphatic heterocycles. The zero-order valence-electron chi connectivity index (χ0n) is 10.7. The Balaban J connectivity index is 2.32. The summed E-state index contributed by atoms with van der Waals surface area (Å²) in [6.45, 7) is 0.388. The van der Waals surface area contributed by atoms with Crippen LogP contribution in [0.2, 0.25) is 5.02 Å². The fourth-order valence-electron chi connectivity index (χ4n) is 1.96. The van der Waals surface area contributed by atoms with Gasteiger partial charge in [0.1, 0.15) is 23.9 Å². The van der Waals surface area contributed by atoms with Crippen LogP contribution in [0, 0.1) is 5.82 Å². The first-order valence-electron chi connectivity index (χ1n) is 5.85. The second-order valence-electron chi connectivity index (χ2n) is 4.12. The Morgan fingerprint density at radius 1 is 1.37 bits per heavy atom. The molecule has 5 heteroatoms. The van der Waals surface area contributed by atoms with E-state index in [0.717, 1.165) is 0 Å². The first-order chi connectivity index (χ1) is 9.15. The summed E-state index contributed by atoms with van der Waals surface area (Å²) in [5, 5.41) is 3.40. The standard InChI is InChI=1S/C14H15ClFNO2/c1-17-14(11-5-3-9(15)7-12(11)16)13-6-4-10(19-13)8-18-2/h3-7,14,17H,8H2,1-2H3. The van der Waals surface area contributed by atoms with Crippen molar-refractivity contribution in [1.29, 1.82) is 0 Å². The van der Waals surface area contributed by atoms with Crippen molar-refractivity contribution in [2.45, 2.75) is 12.6 Å². The van der Waals surface area contributed by atoms with E-state index in [1.807, 2.05) is 12.1 Å². The molecule has 1 N–H and O–H groups in total. The van der Waals surface area contributed by atoms with Gasteiger partial charge in [0, 0.05) is 17.7 Å². The molecule has 0 radical (unpaired) electrons. The molecule has 1 atom stereocenters. The van der Waals surface area contributed by atoms with Crippen molar-refractivity contribution < 1.29 is 13.5 Å². The van der Waals surface area contributed by atoms with E-state index >= 15 is 0 Å². The Labute approximate surface area is 116 Å². The molecule has 3 nitrogen and oxygen atoms in total. The second-order valence-corrected chi connectivity index (χ2v) is 4.56. The average molecular weight is 284 g/mol. The van der Waals surface area contributed by atoms with Gasteiger partial charge in [-0.25, -0.2) is 4.39 Å². The predicted molar refractivity (Wildman–Crippen MR) is 71.7 cm³/mol. The SMILES string of the molecule is CNC(c1ccc(COC)o1)c1ccc(Cl)cc1F. The largest absolute Gasteiger partial charge is 0.462 e. The molecule has 102 valence electrons.